The molecule has 0 unspecified atom stereocenters. The van der Waals surface area contributed by atoms with E-state index in [-0.39, 0.29) is 0 Å². The van der Waals surface area contributed by atoms with Gasteiger partial charge in [-0.1, -0.05) is 36.4 Å². The normalized spacial score (nSPS) is 16.8. The summed E-state index contributed by atoms with van der Waals surface area (Å²) in [7, 11) is 0. The summed E-state index contributed by atoms with van der Waals surface area (Å²) in [6, 6.07) is 18.8. The summed E-state index contributed by atoms with van der Waals surface area (Å²) < 4.78 is 5.38. The summed E-state index contributed by atoms with van der Waals surface area (Å²) in [6.45, 7) is 3.21. The van der Waals surface area contributed by atoms with Crippen LogP contribution in [0.2, 0.25) is 0 Å². The average Bonchev–Trinajstić information content (AvgIpc) is 2.78. The average molecular weight is 385 g/mol. The number of nitrogens with zero attached hydrogens (tertiary/aromatic N) is 3. The Kier molecular flexibility index (Phi) is 4.33. The highest BCUT2D eigenvalue weighted by Gasteiger charge is 2.32. The molecule has 0 spiro atoms. The van der Waals surface area contributed by atoms with E-state index in [1.165, 1.54) is 0 Å². The van der Waals surface area contributed by atoms with Gasteiger partial charge in [0.2, 0.25) is 0 Å². The molecule has 0 atom stereocenters. The number of imide groups is 1. The molecule has 0 aromatic heterocycles. The molecule has 5 rings (SSSR count). The van der Waals surface area contributed by atoms with Crippen LogP contribution in [0, 0.1) is 0 Å². The van der Waals surface area contributed by atoms with Gasteiger partial charge in [0.25, 0.3) is 11.8 Å². The van der Waals surface area contributed by atoms with Crippen molar-refractivity contribution >= 4 is 34.5 Å². The number of amides is 2. The van der Waals surface area contributed by atoms with Gasteiger partial charge in [-0.15, -0.1) is 0 Å². The molecule has 2 aliphatic heterocycles. The molecule has 0 saturated carbocycles. The number of rotatable bonds is 3. The lowest BCUT2D eigenvalue weighted by Crippen LogP contribution is -2.36. The van der Waals surface area contributed by atoms with Gasteiger partial charge in [-0.05, 0) is 35.2 Å². The Morgan fingerprint density at radius 1 is 0.828 bits per heavy atom. The fraction of sp³-hybridized carbons (Fsp3) is 0.174. The van der Waals surface area contributed by atoms with Gasteiger partial charge in [0.05, 0.1) is 30.6 Å². The highest BCUT2D eigenvalue weighted by molar-refractivity contribution is 6.25. The second kappa shape index (κ2) is 7.14. The van der Waals surface area contributed by atoms with E-state index in [0.717, 1.165) is 47.9 Å². The van der Waals surface area contributed by atoms with Crippen molar-refractivity contribution in [2.45, 2.75) is 0 Å². The molecular weight excluding hydrogens is 366 g/mol. The van der Waals surface area contributed by atoms with Crippen molar-refractivity contribution in [1.82, 2.24) is 5.01 Å². The molecule has 0 bridgehead atoms. The molecule has 3 aromatic rings. The van der Waals surface area contributed by atoms with Crippen molar-refractivity contribution in [3.8, 4) is 0 Å². The summed E-state index contributed by atoms with van der Waals surface area (Å²) in [5, 5.41) is 6.75. The maximum atomic E-state index is 12.9. The van der Waals surface area contributed by atoms with Crippen molar-refractivity contribution in [3.63, 3.8) is 0 Å². The fourth-order valence-corrected chi connectivity index (χ4v) is 3.84. The zero-order chi connectivity index (χ0) is 19.8. The Labute approximate surface area is 168 Å². The number of carbonyl (C=O) groups excluding carboxylic acids is 2. The van der Waals surface area contributed by atoms with Gasteiger partial charge in [-0.25, -0.2) is 0 Å². The number of morpholine rings is 1. The van der Waals surface area contributed by atoms with Crippen LogP contribution in [-0.2, 0) is 4.74 Å². The lowest BCUT2D eigenvalue weighted by Gasteiger charge is -2.28. The van der Waals surface area contributed by atoms with Crippen LogP contribution in [0.25, 0.3) is 10.8 Å². The summed E-state index contributed by atoms with van der Waals surface area (Å²) in [5.41, 5.74) is 2.94. The second-order valence-electron chi connectivity index (χ2n) is 7.07. The highest BCUT2D eigenvalue weighted by Crippen LogP contribution is 2.30. The first kappa shape index (κ1) is 17.6. The van der Waals surface area contributed by atoms with Crippen molar-refractivity contribution in [3.05, 3.63) is 77.4 Å². The lowest BCUT2D eigenvalue weighted by atomic mass is 9.95. The minimum atomic E-state index is -0.402. The smallest absolute Gasteiger partial charge is 0.282 e. The Hall–Kier alpha value is -3.51. The predicted octanol–water partition coefficient (Wildman–Crippen LogP) is 3.31. The molecule has 29 heavy (non-hydrogen) atoms. The number of hydrazone groups is 1. The Balaban J connectivity index is 1.41. The molecule has 6 heteroatoms. The highest BCUT2D eigenvalue weighted by atomic mass is 16.5. The van der Waals surface area contributed by atoms with Gasteiger partial charge in [-0.3, -0.25) is 9.59 Å². The SMILES string of the molecule is O=C1c2cccc3cccc(c23)C(=O)N1/N=C\c1ccc(N2CCOCC2)cc1. The van der Waals surface area contributed by atoms with Crippen LogP contribution in [0.3, 0.4) is 0 Å². The van der Waals surface area contributed by atoms with Gasteiger partial charge in [0.15, 0.2) is 0 Å². The van der Waals surface area contributed by atoms with E-state index in [1.54, 1.807) is 18.3 Å². The van der Waals surface area contributed by atoms with Crippen molar-refractivity contribution in [2.75, 3.05) is 31.2 Å². The van der Waals surface area contributed by atoms with Crippen LogP contribution in [0.15, 0.2) is 65.8 Å². The molecular formula is C23H19N3O3. The van der Waals surface area contributed by atoms with Gasteiger partial charge in [0.1, 0.15) is 0 Å². The number of carbonyl (C=O) groups is 2. The topological polar surface area (TPSA) is 62.2 Å². The number of benzene rings is 3. The third-order valence-corrected chi connectivity index (χ3v) is 5.34. The van der Waals surface area contributed by atoms with Crippen molar-refractivity contribution < 1.29 is 14.3 Å². The van der Waals surface area contributed by atoms with Gasteiger partial charge >= 0.3 is 0 Å². The molecule has 6 nitrogen and oxygen atoms in total. The maximum absolute atomic E-state index is 12.9. The third-order valence-electron chi connectivity index (χ3n) is 5.34. The largest absolute Gasteiger partial charge is 0.378 e. The molecule has 0 N–H and O–H groups in total. The quantitative estimate of drug-likeness (QED) is 0.513. The van der Waals surface area contributed by atoms with Crippen LogP contribution >= 0.6 is 0 Å². The molecule has 3 aromatic carbocycles. The van der Waals surface area contributed by atoms with Crippen LogP contribution < -0.4 is 4.90 Å². The van der Waals surface area contributed by atoms with E-state index < -0.39 is 11.8 Å². The van der Waals surface area contributed by atoms with Gasteiger partial charge in [0, 0.05) is 24.2 Å². The summed E-state index contributed by atoms with van der Waals surface area (Å²) in [6.07, 6.45) is 1.55. The van der Waals surface area contributed by atoms with E-state index in [4.69, 9.17) is 4.74 Å². The lowest BCUT2D eigenvalue weighted by molar-refractivity contribution is 0.0616. The van der Waals surface area contributed by atoms with Crippen LogP contribution in [0.5, 0.6) is 0 Å². The van der Waals surface area contributed by atoms with E-state index in [2.05, 4.69) is 10.0 Å². The van der Waals surface area contributed by atoms with Crippen molar-refractivity contribution in [1.29, 1.82) is 0 Å². The Bertz CT molecular complexity index is 1080. The van der Waals surface area contributed by atoms with Crippen LogP contribution in [-0.4, -0.2) is 49.3 Å². The van der Waals surface area contributed by atoms with E-state index in [1.807, 2.05) is 48.5 Å². The number of ether oxygens (including phenoxy) is 1. The molecule has 2 heterocycles. The zero-order valence-corrected chi connectivity index (χ0v) is 15.7. The molecule has 2 aliphatic rings. The molecule has 144 valence electrons. The maximum Gasteiger partial charge on any atom is 0.282 e. The van der Waals surface area contributed by atoms with Gasteiger partial charge in [-0.2, -0.15) is 10.1 Å². The van der Waals surface area contributed by atoms with E-state index in [9.17, 15) is 9.59 Å². The Morgan fingerprint density at radius 3 is 2.07 bits per heavy atom. The number of hydrogen-bond donors (Lipinski definition) is 0. The van der Waals surface area contributed by atoms with Crippen LogP contribution in [0.1, 0.15) is 26.3 Å². The third kappa shape index (κ3) is 3.07. The van der Waals surface area contributed by atoms with E-state index >= 15 is 0 Å². The summed E-state index contributed by atoms with van der Waals surface area (Å²) in [4.78, 5) is 28.0. The molecule has 0 radical (unpaired) electrons. The molecule has 1 saturated heterocycles. The monoisotopic (exact) mass is 385 g/mol. The van der Waals surface area contributed by atoms with E-state index in [0.29, 0.717) is 16.5 Å². The van der Waals surface area contributed by atoms with Gasteiger partial charge < -0.3 is 9.64 Å². The zero-order valence-electron chi connectivity index (χ0n) is 15.7. The summed E-state index contributed by atoms with van der Waals surface area (Å²) in [5.74, 6) is -0.805. The molecule has 1 fully saturated rings. The first-order valence-electron chi connectivity index (χ1n) is 9.60. The molecule has 2 amide bonds. The summed E-state index contributed by atoms with van der Waals surface area (Å²) >= 11 is 0. The molecule has 0 aliphatic carbocycles. The minimum Gasteiger partial charge on any atom is -0.378 e. The minimum absolute atomic E-state index is 0.402. The number of anilines is 1. The van der Waals surface area contributed by atoms with Crippen molar-refractivity contribution in [2.24, 2.45) is 5.10 Å². The predicted molar refractivity (Wildman–Crippen MR) is 112 cm³/mol. The first-order valence-corrected chi connectivity index (χ1v) is 9.60. The standard InChI is InChI=1S/C23H19N3O3/c27-22-19-5-1-3-17-4-2-6-20(21(17)19)23(28)26(22)24-15-16-7-9-18(10-8-16)25-11-13-29-14-12-25/h1-10,15H,11-14H2/b24-15-. The second-order valence-corrected chi connectivity index (χ2v) is 7.07. The first-order chi connectivity index (χ1) is 14.2. The Morgan fingerprint density at radius 2 is 1.45 bits per heavy atom. The van der Waals surface area contributed by atoms with Crippen LogP contribution in [0.4, 0.5) is 5.69 Å². The number of hydrogen-bond acceptors (Lipinski definition) is 5. The fourth-order valence-electron chi connectivity index (χ4n) is 3.84.